The van der Waals surface area contributed by atoms with Crippen molar-refractivity contribution in [2.75, 3.05) is 0 Å². The molecule has 0 aliphatic carbocycles. The average molecular weight is 272 g/mol. The van der Waals surface area contributed by atoms with E-state index < -0.39 is 0 Å². The highest BCUT2D eigenvalue weighted by atomic mass is 16.4. The predicted molar refractivity (Wildman–Crippen MR) is 85.4 cm³/mol. The van der Waals surface area contributed by atoms with Crippen LogP contribution in [-0.2, 0) is 0 Å². The van der Waals surface area contributed by atoms with Crippen LogP contribution in [0.15, 0.2) is 82.0 Å². The molecule has 0 bridgehead atoms. The third kappa shape index (κ3) is 2.11. The van der Waals surface area contributed by atoms with E-state index in [0.717, 1.165) is 16.5 Å². The van der Waals surface area contributed by atoms with Gasteiger partial charge in [0.15, 0.2) is 0 Å². The van der Waals surface area contributed by atoms with Crippen molar-refractivity contribution in [2.45, 2.75) is 0 Å². The SMILES string of the molecule is O=c1ccc2cc(-c3ccc4ccccc4c3)ccc2o1. The zero-order valence-electron chi connectivity index (χ0n) is 11.2. The lowest BCUT2D eigenvalue weighted by Crippen LogP contribution is -1.94. The topological polar surface area (TPSA) is 30.2 Å². The van der Waals surface area contributed by atoms with Crippen LogP contribution in [0.3, 0.4) is 0 Å². The summed E-state index contributed by atoms with van der Waals surface area (Å²) in [6.45, 7) is 0. The summed E-state index contributed by atoms with van der Waals surface area (Å²) in [7, 11) is 0. The highest BCUT2D eigenvalue weighted by molar-refractivity contribution is 5.89. The molecule has 4 rings (SSSR count). The lowest BCUT2D eigenvalue weighted by molar-refractivity contribution is 0.561. The lowest BCUT2D eigenvalue weighted by Gasteiger charge is -2.05. The van der Waals surface area contributed by atoms with Crippen molar-refractivity contribution < 1.29 is 4.42 Å². The standard InChI is InChI=1S/C19H12O2/c20-19-10-8-17-12-16(7-9-18(17)21-19)15-6-5-13-3-1-2-4-14(13)11-15/h1-12H. The van der Waals surface area contributed by atoms with Crippen molar-refractivity contribution in [1.82, 2.24) is 0 Å². The molecule has 4 aromatic rings. The quantitative estimate of drug-likeness (QED) is 0.473. The summed E-state index contributed by atoms with van der Waals surface area (Å²) in [6, 6.07) is 23.8. The Bertz CT molecular complexity index is 1010. The fraction of sp³-hybridized carbons (Fsp3) is 0. The number of fused-ring (bicyclic) bond motifs is 2. The Hall–Kier alpha value is -2.87. The highest BCUT2D eigenvalue weighted by Crippen LogP contribution is 2.27. The van der Waals surface area contributed by atoms with E-state index in [1.165, 1.54) is 16.8 Å². The molecule has 0 saturated carbocycles. The molecule has 0 aliphatic rings. The molecule has 0 amide bonds. The zero-order chi connectivity index (χ0) is 14.2. The molecule has 0 aliphatic heterocycles. The highest BCUT2D eigenvalue weighted by Gasteiger charge is 2.03. The van der Waals surface area contributed by atoms with Gasteiger partial charge in [-0.2, -0.15) is 0 Å². The van der Waals surface area contributed by atoms with Gasteiger partial charge in [-0.05, 0) is 46.2 Å². The first-order valence-corrected chi connectivity index (χ1v) is 6.83. The van der Waals surface area contributed by atoms with E-state index in [-0.39, 0.29) is 5.63 Å². The van der Waals surface area contributed by atoms with Crippen molar-refractivity contribution in [3.05, 3.63) is 83.2 Å². The summed E-state index contributed by atoms with van der Waals surface area (Å²) in [6.07, 6.45) is 0. The van der Waals surface area contributed by atoms with E-state index in [2.05, 4.69) is 30.3 Å². The second-order valence-electron chi connectivity index (χ2n) is 5.07. The summed E-state index contributed by atoms with van der Waals surface area (Å²) in [4.78, 5) is 11.2. The van der Waals surface area contributed by atoms with Gasteiger partial charge >= 0.3 is 5.63 Å². The molecule has 2 nitrogen and oxygen atoms in total. The van der Waals surface area contributed by atoms with Gasteiger partial charge < -0.3 is 4.42 Å². The minimum Gasteiger partial charge on any atom is -0.423 e. The maximum absolute atomic E-state index is 11.2. The summed E-state index contributed by atoms with van der Waals surface area (Å²) in [5.74, 6) is 0. The van der Waals surface area contributed by atoms with Crippen LogP contribution in [0.25, 0.3) is 32.9 Å². The van der Waals surface area contributed by atoms with Gasteiger partial charge in [0.25, 0.3) is 0 Å². The maximum atomic E-state index is 11.2. The molecular weight excluding hydrogens is 260 g/mol. The van der Waals surface area contributed by atoms with Crippen LogP contribution in [0, 0.1) is 0 Å². The van der Waals surface area contributed by atoms with Gasteiger partial charge in [0.1, 0.15) is 5.58 Å². The maximum Gasteiger partial charge on any atom is 0.336 e. The van der Waals surface area contributed by atoms with Crippen molar-refractivity contribution in [3.63, 3.8) is 0 Å². The molecule has 0 saturated heterocycles. The van der Waals surface area contributed by atoms with Crippen LogP contribution in [0.4, 0.5) is 0 Å². The van der Waals surface area contributed by atoms with Gasteiger partial charge in [-0.15, -0.1) is 0 Å². The third-order valence-electron chi connectivity index (χ3n) is 3.70. The van der Waals surface area contributed by atoms with Crippen LogP contribution in [0.5, 0.6) is 0 Å². The van der Waals surface area contributed by atoms with E-state index in [1.807, 2.05) is 30.3 Å². The molecular formula is C19H12O2. The van der Waals surface area contributed by atoms with E-state index in [4.69, 9.17) is 4.42 Å². The smallest absolute Gasteiger partial charge is 0.336 e. The van der Waals surface area contributed by atoms with Gasteiger partial charge in [0, 0.05) is 11.5 Å². The van der Waals surface area contributed by atoms with Gasteiger partial charge in [0.05, 0.1) is 0 Å². The monoisotopic (exact) mass is 272 g/mol. The van der Waals surface area contributed by atoms with E-state index >= 15 is 0 Å². The fourth-order valence-electron chi connectivity index (χ4n) is 2.62. The number of rotatable bonds is 1. The van der Waals surface area contributed by atoms with Gasteiger partial charge in [-0.25, -0.2) is 4.79 Å². The molecule has 0 N–H and O–H groups in total. The molecule has 0 atom stereocenters. The van der Waals surface area contributed by atoms with Crippen LogP contribution < -0.4 is 5.63 Å². The molecule has 100 valence electrons. The zero-order valence-corrected chi connectivity index (χ0v) is 11.2. The third-order valence-corrected chi connectivity index (χ3v) is 3.70. The van der Waals surface area contributed by atoms with Crippen LogP contribution in [0.2, 0.25) is 0 Å². The minimum atomic E-state index is -0.319. The summed E-state index contributed by atoms with van der Waals surface area (Å²) in [5, 5.41) is 3.38. The van der Waals surface area contributed by atoms with E-state index in [9.17, 15) is 4.79 Å². The molecule has 3 aromatic carbocycles. The summed E-state index contributed by atoms with van der Waals surface area (Å²) in [5.41, 5.74) is 2.57. The number of hydrogen-bond donors (Lipinski definition) is 0. The van der Waals surface area contributed by atoms with Crippen LogP contribution in [-0.4, -0.2) is 0 Å². The second kappa shape index (κ2) is 4.60. The summed E-state index contributed by atoms with van der Waals surface area (Å²) < 4.78 is 5.17. The first-order chi connectivity index (χ1) is 10.3. The Morgan fingerprint density at radius 3 is 2.14 bits per heavy atom. The van der Waals surface area contributed by atoms with Crippen molar-refractivity contribution in [1.29, 1.82) is 0 Å². The van der Waals surface area contributed by atoms with Crippen LogP contribution >= 0.6 is 0 Å². The fourth-order valence-corrected chi connectivity index (χ4v) is 2.62. The first-order valence-electron chi connectivity index (χ1n) is 6.83. The van der Waals surface area contributed by atoms with Crippen molar-refractivity contribution in [2.24, 2.45) is 0 Å². The van der Waals surface area contributed by atoms with Crippen molar-refractivity contribution in [3.8, 4) is 11.1 Å². The first kappa shape index (κ1) is 11.9. The molecule has 0 radical (unpaired) electrons. The van der Waals surface area contributed by atoms with Crippen LogP contribution in [0.1, 0.15) is 0 Å². The lowest BCUT2D eigenvalue weighted by atomic mass is 10.0. The Labute approximate surface area is 121 Å². The van der Waals surface area contributed by atoms with Gasteiger partial charge in [0.2, 0.25) is 0 Å². The minimum absolute atomic E-state index is 0.319. The summed E-state index contributed by atoms with van der Waals surface area (Å²) >= 11 is 0. The Kier molecular flexibility index (Phi) is 2.61. The Morgan fingerprint density at radius 2 is 1.29 bits per heavy atom. The van der Waals surface area contributed by atoms with E-state index in [0.29, 0.717) is 5.58 Å². The Balaban J connectivity index is 1.91. The molecule has 1 aromatic heterocycles. The van der Waals surface area contributed by atoms with Crippen molar-refractivity contribution >= 4 is 21.7 Å². The molecule has 0 spiro atoms. The average Bonchev–Trinajstić information content (AvgIpc) is 2.54. The molecule has 1 heterocycles. The molecule has 0 unspecified atom stereocenters. The Morgan fingerprint density at radius 1 is 0.619 bits per heavy atom. The normalized spacial score (nSPS) is 11.0. The number of hydrogen-bond acceptors (Lipinski definition) is 2. The molecule has 0 fully saturated rings. The van der Waals surface area contributed by atoms with E-state index in [1.54, 1.807) is 6.07 Å². The molecule has 2 heteroatoms. The number of benzene rings is 3. The second-order valence-corrected chi connectivity index (χ2v) is 5.07. The van der Waals surface area contributed by atoms with Gasteiger partial charge in [-0.1, -0.05) is 42.5 Å². The molecule has 21 heavy (non-hydrogen) atoms. The predicted octanol–water partition coefficient (Wildman–Crippen LogP) is 4.61. The largest absolute Gasteiger partial charge is 0.423 e. The van der Waals surface area contributed by atoms with Gasteiger partial charge in [-0.3, -0.25) is 0 Å².